The van der Waals surface area contributed by atoms with E-state index in [9.17, 15) is 4.39 Å². The number of rotatable bonds is 1. The second-order valence-corrected chi connectivity index (χ2v) is 3.83. The van der Waals surface area contributed by atoms with Crippen LogP contribution in [0.3, 0.4) is 0 Å². The lowest BCUT2D eigenvalue weighted by atomic mass is 10.0. The van der Waals surface area contributed by atoms with Gasteiger partial charge in [-0.05, 0) is 36.8 Å². The molecule has 1 aromatic rings. The van der Waals surface area contributed by atoms with Crippen molar-refractivity contribution in [3.63, 3.8) is 0 Å². The molecule has 0 bridgehead atoms. The summed E-state index contributed by atoms with van der Waals surface area (Å²) in [7, 11) is 0. The fourth-order valence-corrected chi connectivity index (χ4v) is 2.10. The first kappa shape index (κ1) is 8.67. The molecule has 13 heavy (non-hydrogen) atoms. The number of aryl methyl sites for hydroxylation is 1. The molecule has 1 heterocycles. The Morgan fingerprint density at radius 1 is 1.46 bits per heavy atom. The summed E-state index contributed by atoms with van der Waals surface area (Å²) in [6.07, 6.45) is 4.41. The molecule has 0 saturated carbocycles. The molecule has 1 unspecified atom stereocenters. The molecule has 0 radical (unpaired) electrons. The number of halogens is 1. The largest absolute Gasteiger partial charge is 0.258 e. The van der Waals surface area contributed by atoms with Gasteiger partial charge in [0.05, 0.1) is 6.20 Å². The highest BCUT2D eigenvalue weighted by molar-refractivity contribution is 5.35. The fourth-order valence-electron chi connectivity index (χ4n) is 2.10. The number of pyridine rings is 1. The van der Waals surface area contributed by atoms with E-state index >= 15 is 0 Å². The third-order valence-electron chi connectivity index (χ3n) is 3.02. The Bertz CT molecular complexity index is 302. The van der Waals surface area contributed by atoms with Crippen molar-refractivity contribution in [1.29, 1.82) is 0 Å². The van der Waals surface area contributed by atoms with Crippen molar-refractivity contribution in [2.24, 2.45) is 5.92 Å². The molecule has 0 fully saturated rings. The smallest absolute Gasteiger partial charge is 0.144 e. The Morgan fingerprint density at radius 2 is 2.15 bits per heavy atom. The highest BCUT2D eigenvalue weighted by Crippen LogP contribution is 2.31. The molecule has 1 aliphatic rings. The molecule has 1 aliphatic carbocycles. The van der Waals surface area contributed by atoms with E-state index < -0.39 is 0 Å². The summed E-state index contributed by atoms with van der Waals surface area (Å²) in [4.78, 5) is 4.04. The fraction of sp³-hybridized carbons (Fsp3) is 0.545. The van der Waals surface area contributed by atoms with Gasteiger partial charge in [0.25, 0.3) is 0 Å². The van der Waals surface area contributed by atoms with Crippen molar-refractivity contribution in [3.05, 3.63) is 28.8 Å². The van der Waals surface area contributed by atoms with Gasteiger partial charge >= 0.3 is 0 Å². The van der Waals surface area contributed by atoms with Gasteiger partial charge < -0.3 is 0 Å². The summed E-state index contributed by atoms with van der Waals surface area (Å²) in [6.45, 7) is 4.13. The summed E-state index contributed by atoms with van der Waals surface area (Å²) in [5.41, 5.74) is 3.08. The van der Waals surface area contributed by atoms with Crippen LogP contribution in [0.4, 0.5) is 4.39 Å². The molecule has 1 nitrogen and oxygen atoms in total. The Hall–Kier alpha value is -0.920. The molecule has 70 valence electrons. The zero-order chi connectivity index (χ0) is 9.42. The molecule has 0 aromatic carbocycles. The van der Waals surface area contributed by atoms with Crippen molar-refractivity contribution >= 4 is 0 Å². The maximum absolute atomic E-state index is 13.3. The highest BCUT2D eigenvalue weighted by atomic mass is 19.1. The first-order valence-electron chi connectivity index (χ1n) is 4.85. The summed E-state index contributed by atoms with van der Waals surface area (Å²) >= 11 is 0. The van der Waals surface area contributed by atoms with Crippen LogP contribution in [0.15, 0.2) is 6.20 Å². The number of hydrogen-bond donors (Lipinski definition) is 0. The van der Waals surface area contributed by atoms with Crippen LogP contribution >= 0.6 is 0 Å². The summed E-state index contributed by atoms with van der Waals surface area (Å²) in [5.74, 6) is 0.518. The van der Waals surface area contributed by atoms with Crippen molar-refractivity contribution in [1.82, 2.24) is 4.98 Å². The van der Waals surface area contributed by atoms with Crippen molar-refractivity contribution in [2.45, 2.75) is 33.1 Å². The van der Waals surface area contributed by atoms with Gasteiger partial charge in [0.15, 0.2) is 0 Å². The highest BCUT2D eigenvalue weighted by Gasteiger charge is 2.24. The average molecular weight is 179 g/mol. The van der Waals surface area contributed by atoms with E-state index in [2.05, 4.69) is 11.9 Å². The van der Waals surface area contributed by atoms with Gasteiger partial charge in [0, 0.05) is 5.69 Å². The predicted molar refractivity (Wildman–Crippen MR) is 50.1 cm³/mol. The minimum absolute atomic E-state index is 0.114. The van der Waals surface area contributed by atoms with E-state index in [4.69, 9.17) is 0 Å². The zero-order valence-electron chi connectivity index (χ0n) is 8.10. The van der Waals surface area contributed by atoms with Crippen LogP contribution in [0, 0.1) is 18.7 Å². The van der Waals surface area contributed by atoms with E-state index in [1.807, 2.05) is 6.92 Å². The lowest BCUT2D eigenvalue weighted by Gasteiger charge is -2.02. The van der Waals surface area contributed by atoms with Crippen molar-refractivity contribution in [3.8, 4) is 0 Å². The summed E-state index contributed by atoms with van der Waals surface area (Å²) in [5, 5.41) is 0. The first-order valence-corrected chi connectivity index (χ1v) is 4.85. The third kappa shape index (κ3) is 1.34. The number of aromatic nitrogens is 1. The Labute approximate surface area is 78.0 Å². The van der Waals surface area contributed by atoms with E-state index in [0.29, 0.717) is 5.92 Å². The van der Waals surface area contributed by atoms with E-state index in [0.717, 1.165) is 36.1 Å². The number of fused-ring (bicyclic) bond motifs is 1. The summed E-state index contributed by atoms with van der Waals surface area (Å²) < 4.78 is 13.3. The molecule has 2 heteroatoms. The van der Waals surface area contributed by atoms with Gasteiger partial charge in [-0.25, -0.2) is 4.39 Å². The van der Waals surface area contributed by atoms with Crippen LogP contribution in [0.25, 0.3) is 0 Å². The standard InChI is InChI=1S/C11H14FN/c1-3-8-4-9-7(2)13-6-11(12)10(9)5-8/h6,8H,3-5H2,1-2H3. The van der Waals surface area contributed by atoms with Gasteiger partial charge in [-0.15, -0.1) is 0 Å². The Morgan fingerprint density at radius 3 is 2.77 bits per heavy atom. The van der Waals surface area contributed by atoms with Crippen LogP contribution in [0.1, 0.15) is 30.2 Å². The molecule has 1 atom stereocenters. The molecule has 1 aromatic heterocycles. The molecular weight excluding hydrogens is 165 g/mol. The van der Waals surface area contributed by atoms with E-state index in [-0.39, 0.29) is 5.82 Å². The van der Waals surface area contributed by atoms with Crippen LogP contribution < -0.4 is 0 Å². The average Bonchev–Trinajstić information content (AvgIpc) is 2.56. The quantitative estimate of drug-likeness (QED) is 0.645. The molecule has 0 saturated heterocycles. The molecular formula is C11H14FN. The molecule has 2 rings (SSSR count). The lowest BCUT2D eigenvalue weighted by Crippen LogP contribution is -1.96. The van der Waals surface area contributed by atoms with Crippen molar-refractivity contribution in [2.75, 3.05) is 0 Å². The SMILES string of the molecule is CCC1Cc2c(F)cnc(C)c2C1. The zero-order valence-corrected chi connectivity index (χ0v) is 8.10. The normalized spacial score (nSPS) is 20.4. The Balaban J connectivity index is 2.43. The minimum Gasteiger partial charge on any atom is -0.258 e. The van der Waals surface area contributed by atoms with Crippen LogP contribution in [0.2, 0.25) is 0 Å². The number of nitrogens with zero attached hydrogens (tertiary/aromatic N) is 1. The number of hydrogen-bond acceptors (Lipinski definition) is 1. The Kier molecular flexibility index (Phi) is 2.06. The van der Waals surface area contributed by atoms with Crippen LogP contribution in [0.5, 0.6) is 0 Å². The summed E-state index contributed by atoms with van der Waals surface area (Å²) in [6, 6.07) is 0. The molecule has 0 spiro atoms. The van der Waals surface area contributed by atoms with Crippen molar-refractivity contribution < 1.29 is 4.39 Å². The van der Waals surface area contributed by atoms with E-state index in [1.54, 1.807) is 0 Å². The molecule has 0 N–H and O–H groups in total. The molecule has 0 amide bonds. The van der Waals surface area contributed by atoms with Gasteiger partial charge in [0.2, 0.25) is 0 Å². The molecule has 0 aliphatic heterocycles. The van der Waals surface area contributed by atoms with Gasteiger partial charge in [0.1, 0.15) is 5.82 Å². The minimum atomic E-state index is -0.114. The van der Waals surface area contributed by atoms with Crippen LogP contribution in [-0.4, -0.2) is 4.98 Å². The van der Waals surface area contributed by atoms with E-state index in [1.165, 1.54) is 6.20 Å². The lowest BCUT2D eigenvalue weighted by molar-refractivity contribution is 0.531. The van der Waals surface area contributed by atoms with Gasteiger partial charge in [-0.1, -0.05) is 13.3 Å². The maximum Gasteiger partial charge on any atom is 0.144 e. The second kappa shape index (κ2) is 3.09. The second-order valence-electron chi connectivity index (χ2n) is 3.83. The van der Waals surface area contributed by atoms with Crippen LogP contribution in [-0.2, 0) is 12.8 Å². The third-order valence-corrected chi connectivity index (χ3v) is 3.02. The topological polar surface area (TPSA) is 12.9 Å². The van der Waals surface area contributed by atoms with Gasteiger partial charge in [-0.2, -0.15) is 0 Å². The van der Waals surface area contributed by atoms with Gasteiger partial charge in [-0.3, -0.25) is 4.98 Å². The monoisotopic (exact) mass is 179 g/mol. The first-order chi connectivity index (χ1) is 6.22. The predicted octanol–water partition coefficient (Wildman–Crippen LogP) is 2.65. The maximum atomic E-state index is 13.3.